The largest absolute Gasteiger partial charge is 0.388 e. The second kappa shape index (κ2) is 4.86. The van der Waals surface area contributed by atoms with Crippen LogP contribution in [-0.2, 0) is 0 Å². The van der Waals surface area contributed by atoms with Crippen LogP contribution >= 0.6 is 11.6 Å². The molecule has 3 heteroatoms. The minimum Gasteiger partial charge on any atom is -0.388 e. The number of hydrogen-bond acceptors (Lipinski definition) is 2. The first-order chi connectivity index (χ1) is 6.94. The zero-order chi connectivity index (χ0) is 11.5. The van der Waals surface area contributed by atoms with Crippen molar-refractivity contribution < 1.29 is 5.11 Å². The molecule has 0 aliphatic rings. The lowest BCUT2D eigenvalue weighted by Gasteiger charge is -2.23. The van der Waals surface area contributed by atoms with Gasteiger partial charge < -0.3 is 10.4 Å². The summed E-state index contributed by atoms with van der Waals surface area (Å²) in [6, 6.07) is 5.70. The van der Waals surface area contributed by atoms with E-state index in [9.17, 15) is 5.11 Å². The molecule has 1 aromatic rings. The zero-order valence-electron chi connectivity index (χ0n) is 9.47. The highest BCUT2D eigenvalue weighted by atomic mass is 35.5. The standard InChI is InChI=1S/C12H18ClNO/c1-4-12(3,15)8-14-11-7-10(13)6-5-9(11)2/h5-7,14-15H,4,8H2,1-3H3. The van der Waals surface area contributed by atoms with E-state index < -0.39 is 5.60 Å². The number of aryl methyl sites for hydroxylation is 1. The van der Waals surface area contributed by atoms with E-state index in [-0.39, 0.29) is 0 Å². The second-order valence-electron chi connectivity index (χ2n) is 4.16. The van der Waals surface area contributed by atoms with Crippen LogP contribution in [0.2, 0.25) is 5.02 Å². The maximum absolute atomic E-state index is 9.85. The van der Waals surface area contributed by atoms with Gasteiger partial charge in [-0.1, -0.05) is 24.6 Å². The monoisotopic (exact) mass is 227 g/mol. The lowest BCUT2D eigenvalue weighted by molar-refractivity contribution is 0.0697. The molecule has 2 nitrogen and oxygen atoms in total. The van der Waals surface area contributed by atoms with E-state index in [1.165, 1.54) is 0 Å². The molecule has 1 rings (SSSR count). The smallest absolute Gasteiger partial charge is 0.0788 e. The minimum atomic E-state index is -0.672. The lowest BCUT2D eigenvalue weighted by Crippen LogP contribution is -2.32. The molecule has 0 aliphatic carbocycles. The van der Waals surface area contributed by atoms with Gasteiger partial charge in [0.1, 0.15) is 0 Å². The third-order valence-corrected chi connectivity index (χ3v) is 2.86. The number of hydrogen-bond donors (Lipinski definition) is 2. The lowest BCUT2D eigenvalue weighted by atomic mass is 10.0. The van der Waals surface area contributed by atoms with E-state index in [0.717, 1.165) is 17.7 Å². The summed E-state index contributed by atoms with van der Waals surface area (Å²) in [4.78, 5) is 0. The van der Waals surface area contributed by atoms with Crippen LogP contribution in [0.25, 0.3) is 0 Å². The summed E-state index contributed by atoms with van der Waals surface area (Å²) in [5.41, 5.74) is 1.44. The third kappa shape index (κ3) is 3.73. The van der Waals surface area contributed by atoms with Crippen LogP contribution in [0.4, 0.5) is 5.69 Å². The van der Waals surface area contributed by atoms with Crippen molar-refractivity contribution in [2.75, 3.05) is 11.9 Å². The third-order valence-electron chi connectivity index (χ3n) is 2.62. The van der Waals surface area contributed by atoms with Gasteiger partial charge >= 0.3 is 0 Å². The Labute approximate surface area is 96.3 Å². The Morgan fingerprint density at radius 2 is 2.13 bits per heavy atom. The summed E-state index contributed by atoms with van der Waals surface area (Å²) in [6.45, 7) is 6.33. The van der Waals surface area contributed by atoms with Gasteiger partial charge in [0, 0.05) is 17.3 Å². The Hall–Kier alpha value is -0.730. The summed E-state index contributed by atoms with van der Waals surface area (Å²) in [5.74, 6) is 0. The average Bonchev–Trinajstić information content (AvgIpc) is 2.20. The molecule has 0 aromatic heterocycles. The number of anilines is 1. The van der Waals surface area contributed by atoms with Crippen LogP contribution in [0.1, 0.15) is 25.8 Å². The van der Waals surface area contributed by atoms with E-state index in [0.29, 0.717) is 11.6 Å². The van der Waals surface area contributed by atoms with Crippen molar-refractivity contribution in [1.82, 2.24) is 0 Å². The second-order valence-corrected chi connectivity index (χ2v) is 4.60. The fourth-order valence-electron chi connectivity index (χ4n) is 1.20. The van der Waals surface area contributed by atoms with Crippen LogP contribution in [0.5, 0.6) is 0 Å². The number of nitrogens with one attached hydrogen (secondary N) is 1. The fourth-order valence-corrected chi connectivity index (χ4v) is 1.37. The first-order valence-electron chi connectivity index (χ1n) is 5.17. The topological polar surface area (TPSA) is 32.3 Å². The summed E-state index contributed by atoms with van der Waals surface area (Å²) in [7, 11) is 0. The zero-order valence-corrected chi connectivity index (χ0v) is 10.2. The minimum absolute atomic E-state index is 0.532. The van der Waals surface area contributed by atoms with Crippen molar-refractivity contribution in [3.63, 3.8) is 0 Å². The molecule has 15 heavy (non-hydrogen) atoms. The van der Waals surface area contributed by atoms with Crippen LogP contribution < -0.4 is 5.32 Å². The van der Waals surface area contributed by atoms with E-state index >= 15 is 0 Å². The number of aliphatic hydroxyl groups is 1. The molecule has 0 heterocycles. The van der Waals surface area contributed by atoms with Crippen LogP contribution in [0.3, 0.4) is 0 Å². The SMILES string of the molecule is CCC(C)(O)CNc1cc(Cl)ccc1C. The molecule has 0 saturated carbocycles. The molecule has 84 valence electrons. The van der Waals surface area contributed by atoms with Gasteiger partial charge in [-0.25, -0.2) is 0 Å². The molecule has 2 N–H and O–H groups in total. The summed E-state index contributed by atoms with van der Waals surface area (Å²) in [5, 5.41) is 13.8. The van der Waals surface area contributed by atoms with Crippen molar-refractivity contribution in [2.45, 2.75) is 32.8 Å². The van der Waals surface area contributed by atoms with Gasteiger partial charge in [0.05, 0.1) is 5.60 Å². The Morgan fingerprint density at radius 1 is 1.47 bits per heavy atom. The first kappa shape index (κ1) is 12.3. The highest BCUT2D eigenvalue weighted by molar-refractivity contribution is 6.30. The van der Waals surface area contributed by atoms with E-state index in [4.69, 9.17) is 11.6 Å². The molecule has 1 atom stereocenters. The van der Waals surface area contributed by atoms with Gasteiger partial charge in [0.15, 0.2) is 0 Å². The van der Waals surface area contributed by atoms with E-state index in [1.54, 1.807) is 0 Å². The maximum atomic E-state index is 9.85. The number of halogens is 1. The Bertz CT molecular complexity index is 336. The summed E-state index contributed by atoms with van der Waals surface area (Å²) < 4.78 is 0. The molecule has 0 fully saturated rings. The van der Waals surface area contributed by atoms with Crippen molar-refractivity contribution >= 4 is 17.3 Å². The summed E-state index contributed by atoms with van der Waals surface area (Å²) in [6.07, 6.45) is 0.722. The molecule has 0 spiro atoms. The fraction of sp³-hybridized carbons (Fsp3) is 0.500. The van der Waals surface area contributed by atoms with E-state index in [1.807, 2.05) is 39.0 Å². The van der Waals surface area contributed by atoms with Gasteiger partial charge in [0.25, 0.3) is 0 Å². The van der Waals surface area contributed by atoms with Crippen molar-refractivity contribution in [1.29, 1.82) is 0 Å². The van der Waals surface area contributed by atoms with E-state index in [2.05, 4.69) is 5.32 Å². The highest BCUT2D eigenvalue weighted by Crippen LogP contribution is 2.21. The molecule has 0 radical (unpaired) electrons. The Balaban J connectivity index is 2.69. The van der Waals surface area contributed by atoms with Gasteiger partial charge in [-0.3, -0.25) is 0 Å². The number of rotatable bonds is 4. The predicted molar refractivity (Wildman–Crippen MR) is 65.6 cm³/mol. The highest BCUT2D eigenvalue weighted by Gasteiger charge is 2.17. The first-order valence-corrected chi connectivity index (χ1v) is 5.55. The van der Waals surface area contributed by atoms with Crippen molar-refractivity contribution in [3.05, 3.63) is 28.8 Å². The van der Waals surface area contributed by atoms with Crippen molar-refractivity contribution in [3.8, 4) is 0 Å². The molecule has 0 bridgehead atoms. The van der Waals surface area contributed by atoms with Gasteiger partial charge in [-0.2, -0.15) is 0 Å². The van der Waals surface area contributed by atoms with Crippen LogP contribution in [0, 0.1) is 6.92 Å². The molecular weight excluding hydrogens is 210 g/mol. The quantitative estimate of drug-likeness (QED) is 0.828. The predicted octanol–water partition coefficient (Wildman–Crippen LogP) is 3.22. The molecule has 0 amide bonds. The molecule has 0 saturated heterocycles. The molecule has 1 aromatic carbocycles. The molecule has 1 unspecified atom stereocenters. The number of benzene rings is 1. The van der Waals surface area contributed by atoms with Gasteiger partial charge in [0.2, 0.25) is 0 Å². The van der Waals surface area contributed by atoms with Crippen LogP contribution in [-0.4, -0.2) is 17.3 Å². The maximum Gasteiger partial charge on any atom is 0.0788 e. The normalized spacial score (nSPS) is 14.7. The molecule has 0 aliphatic heterocycles. The van der Waals surface area contributed by atoms with Gasteiger partial charge in [-0.15, -0.1) is 0 Å². The van der Waals surface area contributed by atoms with Crippen LogP contribution in [0.15, 0.2) is 18.2 Å². The van der Waals surface area contributed by atoms with Crippen molar-refractivity contribution in [2.24, 2.45) is 0 Å². The van der Waals surface area contributed by atoms with Gasteiger partial charge in [-0.05, 0) is 38.0 Å². The molecular formula is C12H18ClNO. The summed E-state index contributed by atoms with van der Waals surface area (Å²) >= 11 is 5.90. The average molecular weight is 228 g/mol. The Morgan fingerprint density at radius 3 is 2.73 bits per heavy atom. The Kier molecular flexibility index (Phi) is 4.00.